The van der Waals surface area contributed by atoms with Crippen LogP contribution in [0.4, 0.5) is 4.39 Å². The summed E-state index contributed by atoms with van der Waals surface area (Å²) < 4.78 is 15.3. The van der Waals surface area contributed by atoms with Crippen LogP contribution < -0.4 is 11.3 Å². The molecule has 0 bridgehead atoms. The number of oxime groups is 1. The van der Waals surface area contributed by atoms with Gasteiger partial charge in [0.25, 0.3) is 5.56 Å². The molecule has 20 heavy (non-hydrogen) atoms. The van der Waals surface area contributed by atoms with E-state index in [1.54, 1.807) is 18.3 Å². The SMILES string of the molecule is N/C(=N/O)c1cccn(Cc2cc(F)ccc2Br)c1=O. The molecule has 2 rings (SSSR count). The first kappa shape index (κ1) is 14.3. The average molecular weight is 340 g/mol. The lowest BCUT2D eigenvalue weighted by atomic mass is 10.2. The third-order valence-electron chi connectivity index (χ3n) is 2.75. The smallest absolute Gasteiger partial charge is 0.261 e. The van der Waals surface area contributed by atoms with Crippen molar-refractivity contribution >= 4 is 21.8 Å². The molecule has 0 spiro atoms. The summed E-state index contributed by atoms with van der Waals surface area (Å²) in [6.07, 6.45) is 1.55. The fraction of sp³-hybridized carbons (Fsp3) is 0.0769. The van der Waals surface area contributed by atoms with Gasteiger partial charge in [-0.05, 0) is 35.9 Å². The van der Waals surface area contributed by atoms with Crippen LogP contribution in [0.25, 0.3) is 0 Å². The lowest BCUT2D eigenvalue weighted by Gasteiger charge is -2.09. The van der Waals surface area contributed by atoms with Gasteiger partial charge in [0.2, 0.25) is 0 Å². The first-order chi connectivity index (χ1) is 9.52. The second kappa shape index (κ2) is 5.87. The number of rotatable bonds is 3. The first-order valence-electron chi connectivity index (χ1n) is 5.64. The Labute approximate surface area is 122 Å². The highest BCUT2D eigenvalue weighted by atomic mass is 79.9. The molecule has 2 aromatic rings. The van der Waals surface area contributed by atoms with E-state index in [2.05, 4.69) is 21.1 Å². The number of pyridine rings is 1. The van der Waals surface area contributed by atoms with E-state index in [1.807, 2.05) is 0 Å². The number of benzene rings is 1. The maximum absolute atomic E-state index is 13.2. The zero-order valence-electron chi connectivity index (χ0n) is 10.3. The maximum Gasteiger partial charge on any atom is 0.261 e. The first-order valence-corrected chi connectivity index (χ1v) is 6.43. The van der Waals surface area contributed by atoms with Gasteiger partial charge in [0.1, 0.15) is 5.82 Å². The molecule has 5 nitrogen and oxygen atoms in total. The van der Waals surface area contributed by atoms with Crippen LogP contribution in [0.5, 0.6) is 0 Å². The van der Waals surface area contributed by atoms with Crippen LogP contribution in [-0.2, 0) is 6.54 Å². The van der Waals surface area contributed by atoms with Crippen LogP contribution in [0.1, 0.15) is 11.1 Å². The fourth-order valence-corrected chi connectivity index (χ4v) is 2.13. The van der Waals surface area contributed by atoms with Crippen LogP contribution in [0, 0.1) is 5.82 Å². The third-order valence-corrected chi connectivity index (χ3v) is 3.53. The Balaban J connectivity index is 2.45. The topological polar surface area (TPSA) is 80.6 Å². The van der Waals surface area contributed by atoms with E-state index in [9.17, 15) is 9.18 Å². The summed E-state index contributed by atoms with van der Waals surface area (Å²) in [5.74, 6) is -0.647. The molecule has 7 heteroatoms. The van der Waals surface area contributed by atoms with Gasteiger partial charge in [0.05, 0.1) is 12.1 Å². The van der Waals surface area contributed by atoms with Crippen molar-refractivity contribution in [2.45, 2.75) is 6.54 Å². The van der Waals surface area contributed by atoms with Crippen molar-refractivity contribution in [3.05, 3.63) is 68.3 Å². The number of amidine groups is 1. The number of halogens is 2. The molecule has 0 aliphatic heterocycles. The van der Waals surface area contributed by atoms with Crippen molar-refractivity contribution < 1.29 is 9.60 Å². The van der Waals surface area contributed by atoms with Crippen LogP contribution in [0.2, 0.25) is 0 Å². The second-order valence-electron chi connectivity index (χ2n) is 4.08. The van der Waals surface area contributed by atoms with Crippen molar-refractivity contribution in [3.63, 3.8) is 0 Å². The monoisotopic (exact) mass is 339 g/mol. The maximum atomic E-state index is 13.2. The Morgan fingerprint density at radius 1 is 1.45 bits per heavy atom. The molecule has 0 saturated carbocycles. The molecule has 3 N–H and O–H groups in total. The lowest BCUT2D eigenvalue weighted by molar-refractivity contribution is 0.318. The van der Waals surface area contributed by atoms with E-state index in [0.29, 0.717) is 10.0 Å². The van der Waals surface area contributed by atoms with E-state index in [0.717, 1.165) is 0 Å². The van der Waals surface area contributed by atoms with Crippen molar-refractivity contribution in [2.75, 3.05) is 0 Å². The van der Waals surface area contributed by atoms with E-state index in [1.165, 1.54) is 22.8 Å². The minimum absolute atomic E-state index is 0.0857. The van der Waals surface area contributed by atoms with Crippen LogP contribution >= 0.6 is 15.9 Å². The van der Waals surface area contributed by atoms with Gasteiger partial charge in [-0.15, -0.1) is 0 Å². The molecule has 0 fully saturated rings. The van der Waals surface area contributed by atoms with Gasteiger partial charge < -0.3 is 15.5 Å². The van der Waals surface area contributed by atoms with Crippen LogP contribution in [-0.4, -0.2) is 15.6 Å². The van der Waals surface area contributed by atoms with E-state index in [4.69, 9.17) is 10.9 Å². The molecule has 0 atom stereocenters. The Morgan fingerprint density at radius 2 is 2.20 bits per heavy atom. The molecule has 0 aliphatic carbocycles. The molecule has 1 aromatic carbocycles. The van der Waals surface area contributed by atoms with Crippen molar-refractivity contribution in [2.24, 2.45) is 10.9 Å². The van der Waals surface area contributed by atoms with Crippen LogP contribution in [0.15, 0.2) is 51.0 Å². The Kier molecular flexibility index (Phi) is 4.19. The van der Waals surface area contributed by atoms with E-state index in [-0.39, 0.29) is 23.8 Å². The predicted octanol–water partition coefficient (Wildman–Crippen LogP) is 1.89. The zero-order valence-corrected chi connectivity index (χ0v) is 11.8. The summed E-state index contributed by atoms with van der Waals surface area (Å²) in [7, 11) is 0. The van der Waals surface area contributed by atoms with Gasteiger partial charge in [0.15, 0.2) is 5.84 Å². The molecular formula is C13H11BrFN3O2. The Hall–Kier alpha value is -2.15. The molecule has 0 aliphatic rings. The number of aromatic nitrogens is 1. The van der Waals surface area contributed by atoms with Crippen molar-refractivity contribution in [1.82, 2.24) is 4.57 Å². The average Bonchev–Trinajstić information content (AvgIpc) is 2.44. The predicted molar refractivity (Wildman–Crippen MR) is 76.4 cm³/mol. The summed E-state index contributed by atoms with van der Waals surface area (Å²) in [6.45, 7) is 0.170. The van der Waals surface area contributed by atoms with Gasteiger partial charge in [0, 0.05) is 10.7 Å². The van der Waals surface area contributed by atoms with Crippen molar-refractivity contribution in [1.29, 1.82) is 0 Å². The molecule has 0 amide bonds. The highest BCUT2D eigenvalue weighted by Gasteiger charge is 2.09. The molecule has 0 saturated heterocycles. The van der Waals surface area contributed by atoms with Gasteiger partial charge in [-0.2, -0.15) is 0 Å². The standard InChI is InChI=1S/C13H11BrFN3O2/c14-11-4-3-9(15)6-8(11)7-18-5-1-2-10(13(18)19)12(16)17-20/h1-6,20H,7H2,(H2,16,17). The minimum atomic E-state index is -0.418. The normalized spacial score (nSPS) is 11.6. The second-order valence-corrected chi connectivity index (χ2v) is 4.93. The van der Waals surface area contributed by atoms with E-state index < -0.39 is 5.56 Å². The van der Waals surface area contributed by atoms with Gasteiger partial charge >= 0.3 is 0 Å². The number of hydrogen-bond acceptors (Lipinski definition) is 3. The molecule has 0 unspecified atom stereocenters. The Bertz CT molecular complexity index is 728. The highest BCUT2D eigenvalue weighted by Crippen LogP contribution is 2.18. The molecule has 104 valence electrons. The van der Waals surface area contributed by atoms with E-state index >= 15 is 0 Å². The zero-order chi connectivity index (χ0) is 14.7. The summed E-state index contributed by atoms with van der Waals surface area (Å²) in [6, 6.07) is 7.29. The summed E-state index contributed by atoms with van der Waals surface area (Å²) in [4.78, 5) is 12.2. The summed E-state index contributed by atoms with van der Waals surface area (Å²) in [5, 5.41) is 11.4. The summed E-state index contributed by atoms with van der Waals surface area (Å²) >= 11 is 3.30. The van der Waals surface area contributed by atoms with Gasteiger partial charge in [-0.1, -0.05) is 21.1 Å². The number of nitrogens with two attached hydrogens (primary N) is 1. The fourth-order valence-electron chi connectivity index (χ4n) is 1.76. The highest BCUT2D eigenvalue weighted by molar-refractivity contribution is 9.10. The lowest BCUT2D eigenvalue weighted by Crippen LogP contribution is -2.30. The number of nitrogens with zero attached hydrogens (tertiary/aromatic N) is 2. The van der Waals surface area contributed by atoms with Crippen LogP contribution in [0.3, 0.4) is 0 Å². The molecular weight excluding hydrogens is 329 g/mol. The van der Waals surface area contributed by atoms with Gasteiger partial charge in [-0.3, -0.25) is 4.79 Å². The Morgan fingerprint density at radius 3 is 2.90 bits per heavy atom. The minimum Gasteiger partial charge on any atom is -0.409 e. The van der Waals surface area contributed by atoms with Crippen molar-refractivity contribution in [3.8, 4) is 0 Å². The number of hydrogen-bond donors (Lipinski definition) is 2. The quantitative estimate of drug-likeness (QED) is 0.388. The van der Waals surface area contributed by atoms with Gasteiger partial charge in [-0.25, -0.2) is 4.39 Å². The third kappa shape index (κ3) is 2.88. The molecule has 0 radical (unpaired) electrons. The largest absolute Gasteiger partial charge is 0.409 e. The molecule has 1 aromatic heterocycles. The molecule has 1 heterocycles. The summed E-state index contributed by atoms with van der Waals surface area (Å²) in [5.41, 5.74) is 5.71.